The predicted molar refractivity (Wildman–Crippen MR) is 95.8 cm³/mol. The van der Waals surface area contributed by atoms with E-state index in [4.69, 9.17) is 5.26 Å². The Bertz CT molecular complexity index is 511. The van der Waals surface area contributed by atoms with Crippen LogP contribution in [0.25, 0.3) is 0 Å². The fraction of sp³-hybridized carbons (Fsp3) is 0.500. The molecule has 23 heavy (non-hydrogen) atoms. The van der Waals surface area contributed by atoms with Gasteiger partial charge in [-0.2, -0.15) is 20.3 Å². The summed E-state index contributed by atoms with van der Waals surface area (Å²) in [4.78, 5) is 1.67. The second-order valence-corrected chi connectivity index (χ2v) is 4.83. The maximum Gasteiger partial charge on any atom is 0.0991 e. The molecule has 1 heterocycles. The fourth-order valence-electron chi connectivity index (χ4n) is 1.44. The van der Waals surface area contributed by atoms with Gasteiger partial charge in [0, 0.05) is 32.7 Å². The predicted octanol–water partition coefficient (Wildman–Crippen LogP) is 5.45. The molecule has 0 atom stereocenters. The van der Waals surface area contributed by atoms with E-state index in [2.05, 4.69) is 30.1 Å². The topological polar surface area (TPSA) is 54.5 Å². The Balaban J connectivity index is -0.000000138. The molecule has 2 rings (SSSR count). The minimum atomic E-state index is 0. The molecule has 0 bridgehead atoms. The Hall–Kier alpha value is -1.05. The summed E-state index contributed by atoms with van der Waals surface area (Å²) in [5.41, 5.74) is 2.01. The van der Waals surface area contributed by atoms with Crippen LogP contribution in [0.3, 0.4) is 0 Å². The number of hydrogen-bond acceptors (Lipinski definition) is 3. The molecule has 0 unspecified atom stereocenters. The number of nitrogens with zero attached hydrogens (tertiary/aromatic N) is 4. The van der Waals surface area contributed by atoms with Gasteiger partial charge in [0.2, 0.25) is 0 Å². The van der Waals surface area contributed by atoms with Gasteiger partial charge >= 0.3 is 0 Å². The molecule has 1 radical (unpaired) electrons. The third-order valence-corrected chi connectivity index (χ3v) is 2.60. The summed E-state index contributed by atoms with van der Waals surface area (Å²) >= 11 is 0. The zero-order chi connectivity index (χ0) is 14.3. The van der Waals surface area contributed by atoms with Crippen molar-refractivity contribution in [1.29, 1.82) is 5.26 Å². The van der Waals surface area contributed by atoms with Crippen LogP contribution in [0.5, 0.6) is 0 Å². The SMILES string of the molecule is C.C.C.CC(C)c1ccc(C#N)cc1.CC(C)n1nccn1.[Y]. The Labute approximate surface area is 168 Å². The first kappa shape index (κ1) is 29.9. The van der Waals surface area contributed by atoms with Crippen molar-refractivity contribution in [3.05, 3.63) is 47.8 Å². The molecule has 0 aliphatic rings. The van der Waals surface area contributed by atoms with E-state index in [0.29, 0.717) is 12.0 Å². The van der Waals surface area contributed by atoms with Gasteiger partial charge in [-0.25, -0.2) is 0 Å². The van der Waals surface area contributed by atoms with Crippen LogP contribution in [-0.4, -0.2) is 15.0 Å². The van der Waals surface area contributed by atoms with Crippen LogP contribution >= 0.6 is 0 Å². The number of aromatic nitrogens is 3. The molecule has 0 aliphatic carbocycles. The van der Waals surface area contributed by atoms with Crippen LogP contribution in [0.15, 0.2) is 36.7 Å². The molecule has 2 aromatic rings. The van der Waals surface area contributed by atoms with Crippen LogP contribution in [0.1, 0.15) is 73.1 Å². The monoisotopic (exact) mass is 393 g/mol. The molecule has 4 nitrogen and oxygen atoms in total. The Kier molecular flexibility index (Phi) is 20.6. The molecule has 1 aromatic heterocycles. The van der Waals surface area contributed by atoms with E-state index in [0.717, 1.165) is 5.56 Å². The summed E-state index contributed by atoms with van der Waals surface area (Å²) in [6, 6.07) is 10.2. The molecule has 0 aliphatic heterocycles. The summed E-state index contributed by atoms with van der Waals surface area (Å²) < 4.78 is 0. The molecule has 0 saturated carbocycles. The van der Waals surface area contributed by atoms with Crippen LogP contribution in [-0.2, 0) is 32.7 Å². The van der Waals surface area contributed by atoms with Gasteiger partial charge in [0.25, 0.3) is 0 Å². The van der Waals surface area contributed by atoms with Crippen molar-refractivity contribution in [1.82, 2.24) is 15.0 Å². The van der Waals surface area contributed by atoms with Crippen molar-refractivity contribution in [2.24, 2.45) is 0 Å². The second-order valence-electron chi connectivity index (χ2n) is 4.83. The number of rotatable bonds is 2. The average Bonchev–Trinajstić information content (AvgIpc) is 2.93. The molecular formula is C18H32N4Y. The normalized spacial score (nSPS) is 8.22. The molecule has 0 N–H and O–H groups in total. The van der Waals surface area contributed by atoms with Gasteiger partial charge in [-0.3, -0.25) is 0 Å². The molecule has 1 aromatic carbocycles. The smallest absolute Gasteiger partial charge is 0.0991 e. The van der Waals surface area contributed by atoms with Crippen molar-refractivity contribution in [2.45, 2.75) is 61.9 Å². The van der Waals surface area contributed by atoms with E-state index < -0.39 is 0 Å². The van der Waals surface area contributed by atoms with Gasteiger partial charge < -0.3 is 0 Å². The Morgan fingerprint density at radius 3 is 1.61 bits per heavy atom. The molecule has 0 saturated heterocycles. The summed E-state index contributed by atoms with van der Waals surface area (Å²) in [6.45, 7) is 8.36. The van der Waals surface area contributed by atoms with E-state index in [-0.39, 0.29) is 55.0 Å². The van der Waals surface area contributed by atoms with Crippen molar-refractivity contribution >= 4 is 0 Å². The molecule has 5 heteroatoms. The maximum atomic E-state index is 8.52. The van der Waals surface area contributed by atoms with Gasteiger partial charge in [0.1, 0.15) is 0 Å². The standard InChI is InChI=1S/C10H11N.C5H9N3.3CH4.Y/c1-8(2)10-5-3-9(7-11)4-6-10;1-5(2)8-6-3-4-7-8;;;;/h3-6,8H,1-2H3;3-5H,1-2H3;3*1H4;. The first-order chi connectivity index (χ1) is 9.04. The van der Waals surface area contributed by atoms with Gasteiger partial charge in [-0.05, 0) is 37.5 Å². The molecule has 0 amide bonds. The van der Waals surface area contributed by atoms with E-state index in [1.54, 1.807) is 17.2 Å². The quantitative estimate of drug-likeness (QED) is 0.682. The van der Waals surface area contributed by atoms with E-state index in [9.17, 15) is 0 Å². The van der Waals surface area contributed by atoms with E-state index in [1.165, 1.54) is 5.56 Å². The summed E-state index contributed by atoms with van der Waals surface area (Å²) in [6.07, 6.45) is 3.36. The summed E-state index contributed by atoms with van der Waals surface area (Å²) in [5, 5.41) is 16.4. The van der Waals surface area contributed by atoms with E-state index in [1.807, 2.05) is 38.1 Å². The summed E-state index contributed by atoms with van der Waals surface area (Å²) in [7, 11) is 0. The fourth-order valence-corrected chi connectivity index (χ4v) is 1.44. The zero-order valence-corrected chi connectivity index (χ0v) is 15.3. The average molecular weight is 393 g/mol. The van der Waals surface area contributed by atoms with Gasteiger partial charge in [0.15, 0.2) is 0 Å². The van der Waals surface area contributed by atoms with Gasteiger partial charge in [-0.15, -0.1) is 0 Å². The first-order valence-corrected chi connectivity index (χ1v) is 6.40. The molecule has 127 valence electrons. The van der Waals surface area contributed by atoms with Gasteiger partial charge in [0.05, 0.1) is 30.1 Å². The minimum absolute atomic E-state index is 0. The molecule has 0 fully saturated rings. The molecule has 0 spiro atoms. The van der Waals surface area contributed by atoms with Crippen LogP contribution in [0.4, 0.5) is 0 Å². The number of hydrogen-bond donors (Lipinski definition) is 0. The van der Waals surface area contributed by atoms with Crippen LogP contribution in [0, 0.1) is 11.3 Å². The van der Waals surface area contributed by atoms with Crippen molar-refractivity contribution in [3.63, 3.8) is 0 Å². The maximum absolute atomic E-state index is 8.52. The van der Waals surface area contributed by atoms with Crippen molar-refractivity contribution in [3.8, 4) is 6.07 Å². The third kappa shape index (κ3) is 11.2. The molecular weight excluding hydrogens is 361 g/mol. The number of benzene rings is 1. The van der Waals surface area contributed by atoms with Crippen LogP contribution in [0.2, 0.25) is 0 Å². The zero-order valence-electron chi connectivity index (χ0n) is 12.5. The van der Waals surface area contributed by atoms with Crippen molar-refractivity contribution in [2.75, 3.05) is 0 Å². The summed E-state index contributed by atoms with van der Waals surface area (Å²) in [5.74, 6) is 0.544. The third-order valence-electron chi connectivity index (χ3n) is 2.60. The number of nitriles is 1. The van der Waals surface area contributed by atoms with Gasteiger partial charge in [-0.1, -0.05) is 48.3 Å². The Morgan fingerprint density at radius 2 is 1.35 bits per heavy atom. The second kappa shape index (κ2) is 15.8. The Morgan fingerprint density at radius 1 is 0.913 bits per heavy atom. The largest absolute Gasteiger partial charge is 0.192 e. The van der Waals surface area contributed by atoms with Crippen molar-refractivity contribution < 1.29 is 32.7 Å². The van der Waals surface area contributed by atoms with Crippen LogP contribution < -0.4 is 0 Å². The van der Waals surface area contributed by atoms with E-state index >= 15 is 0 Å². The minimum Gasteiger partial charge on any atom is -0.192 e. The first-order valence-electron chi connectivity index (χ1n) is 6.40.